The first-order chi connectivity index (χ1) is 8.28. The standard InChI is InChI=1S/C13H20N2O3/c1-13(2,3)18-12(17)15-10-8-5-4-7(6-8)9(10)11(14)16/h4-5,7-10H,6H2,1-3H3,(H2,14,16)(H,15,17). The van der Waals surface area contributed by atoms with E-state index in [1.807, 2.05) is 12.2 Å². The highest BCUT2D eigenvalue weighted by Crippen LogP contribution is 2.43. The molecule has 1 saturated carbocycles. The number of nitrogens with two attached hydrogens (primary N) is 1. The quantitative estimate of drug-likeness (QED) is 0.724. The number of ether oxygens (including phenoxy) is 1. The van der Waals surface area contributed by atoms with Crippen molar-refractivity contribution in [3.63, 3.8) is 0 Å². The Morgan fingerprint density at radius 2 is 1.89 bits per heavy atom. The van der Waals surface area contributed by atoms with Crippen LogP contribution in [0.5, 0.6) is 0 Å². The largest absolute Gasteiger partial charge is 0.444 e. The number of allylic oxidation sites excluding steroid dienone is 1. The van der Waals surface area contributed by atoms with Crippen LogP contribution < -0.4 is 11.1 Å². The van der Waals surface area contributed by atoms with Crippen LogP contribution in [0.15, 0.2) is 12.2 Å². The van der Waals surface area contributed by atoms with Gasteiger partial charge in [0.15, 0.2) is 0 Å². The number of amides is 2. The van der Waals surface area contributed by atoms with E-state index in [-0.39, 0.29) is 29.7 Å². The highest BCUT2D eigenvalue weighted by atomic mass is 16.6. The molecule has 1 fully saturated rings. The van der Waals surface area contributed by atoms with Crippen LogP contribution in [-0.2, 0) is 9.53 Å². The van der Waals surface area contributed by atoms with E-state index in [0.717, 1.165) is 6.42 Å². The van der Waals surface area contributed by atoms with Crippen molar-refractivity contribution in [1.82, 2.24) is 5.32 Å². The summed E-state index contributed by atoms with van der Waals surface area (Å²) in [6.07, 6.45) is 4.47. The van der Waals surface area contributed by atoms with Crippen molar-refractivity contribution in [2.24, 2.45) is 23.5 Å². The van der Waals surface area contributed by atoms with Gasteiger partial charge in [-0.25, -0.2) is 4.79 Å². The molecule has 4 unspecified atom stereocenters. The fraction of sp³-hybridized carbons (Fsp3) is 0.692. The zero-order valence-corrected chi connectivity index (χ0v) is 11.0. The van der Waals surface area contributed by atoms with Crippen molar-refractivity contribution in [1.29, 1.82) is 0 Å². The molecule has 2 aliphatic carbocycles. The van der Waals surface area contributed by atoms with Crippen LogP contribution in [0, 0.1) is 17.8 Å². The van der Waals surface area contributed by atoms with Crippen LogP contribution in [-0.4, -0.2) is 23.6 Å². The highest BCUT2D eigenvalue weighted by molar-refractivity contribution is 5.80. The normalized spacial score (nSPS) is 33.5. The van der Waals surface area contributed by atoms with Gasteiger partial charge in [0.25, 0.3) is 0 Å². The minimum atomic E-state index is -0.542. The number of rotatable bonds is 2. The molecule has 0 saturated heterocycles. The molecule has 2 rings (SSSR count). The van der Waals surface area contributed by atoms with E-state index in [1.165, 1.54) is 0 Å². The van der Waals surface area contributed by atoms with Gasteiger partial charge in [-0.2, -0.15) is 0 Å². The number of nitrogens with one attached hydrogen (secondary N) is 1. The van der Waals surface area contributed by atoms with Crippen LogP contribution >= 0.6 is 0 Å². The number of carbonyl (C=O) groups is 2. The highest BCUT2D eigenvalue weighted by Gasteiger charge is 2.48. The van der Waals surface area contributed by atoms with Crippen molar-refractivity contribution in [3.05, 3.63) is 12.2 Å². The maximum Gasteiger partial charge on any atom is 0.407 e. The molecule has 0 aromatic rings. The van der Waals surface area contributed by atoms with Gasteiger partial charge in [-0.3, -0.25) is 4.79 Å². The SMILES string of the molecule is CC(C)(C)OC(=O)NC1C2C=CC(C2)C1C(N)=O. The minimum Gasteiger partial charge on any atom is -0.444 e. The molecule has 5 heteroatoms. The number of hydrogen-bond acceptors (Lipinski definition) is 3. The summed E-state index contributed by atoms with van der Waals surface area (Å²) in [5, 5.41) is 2.79. The Morgan fingerprint density at radius 3 is 2.44 bits per heavy atom. The van der Waals surface area contributed by atoms with Crippen LogP contribution in [0.25, 0.3) is 0 Å². The Morgan fingerprint density at radius 1 is 1.28 bits per heavy atom. The van der Waals surface area contributed by atoms with Gasteiger partial charge in [-0.15, -0.1) is 0 Å². The lowest BCUT2D eigenvalue weighted by molar-refractivity contribution is -0.123. The number of alkyl carbamates (subject to hydrolysis) is 1. The van der Waals surface area contributed by atoms with Gasteiger partial charge >= 0.3 is 6.09 Å². The Balaban J connectivity index is 2.02. The predicted octanol–water partition coefficient (Wildman–Crippen LogP) is 1.19. The second-order valence-electron chi connectivity index (χ2n) is 6.05. The smallest absolute Gasteiger partial charge is 0.407 e. The van der Waals surface area contributed by atoms with Crippen molar-refractivity contribution < 1.29 is 14.3 Å². The third-order valence-electron chi connectivity index (χ3n) is 3.47. The van der Waals surface area contributed by atoms with E-state index in [0.29, 0.717) is 0 Å². The Labute approximate surface area is 107 Å². The van der Waals surface area contributed by atoms with Crippen LogP contribution in [0.4, 0.5) is 4.79 Å². The fourth-order valence-electron chi connectivity index (χ4n) is 2.85. The molecule has 0 aromatic heterocycles. The molecule has 2 aliphatic rings. The van der Waals surface area contributed by atoms with Gasteiger partial charge in [0.2, 0.25) is 5.91 Å². The van der Waals surface area contributed by atoms with Crippen LogP contribution in [0.3, 0.4) is 0 Å². The summed E-state index contributed by atoms with van der Waals surface area (Å²) in [6.45, 7) is 5.41. The Bertz CT molecular complexity index is 398. The first kappa shape index (κ1) is 12.9. The van der Waals surface area contributed by atoms with Crippen molar-refractivity contribution in [2.75, 3.05) is 0 Å². The summed E-state index contributed by atoms with van der Waals surface area (Å²) < 4.78 is 5.21. The molecule has 0 aliphatic heterocycles. The summed E-state index contributed by atoms with van der Waals surface area (Å²) in [5.41, 5.74) is 4.87. The summed E-state index contributed by atoms with van der Waals surface area (Å²) in [5.74, 6) is -0.312. The van der Waals surface area contributed by atoms with Crippen LogP contribution in [0.1, 0.15) is 27.2 Å². The average Bonchev–Trinajstić information content (AvgIpc) is 2.73. The zero-order valence-electron chi connectivity index (χ0n) is 11.0. The molecule has 4 atom stereocenters. The van der Waals surface area contributed by atoms with Crippen molar-refractivity contribution >= 4 is 12.0 Å². The van der Waals surface area contributed by atoms with Gasteiger partial charge in [-0.05, 0) is 39.0 Å². The lowest BCUT2D eigenvalue weighted by atomic mass is 9.88. The van der Waals surface area contributed by atoms with E-state index in [9.17, 15) is 9.59 Å². The van der Waals surface area contributed by atoms with Crippen LogP contribution in [0.2, 0.25) is 0 Å². The second kappa shape index (κ2) is 4.30. The van der Waals surface area contributed by atoms with E-state index in [4.69, 9.17) is 10.5 Å². The van der Waals surface area contributed by atoms with Gasteiger partial charge in [0.1, 0.15) is 5.60 Å². The zero-order chi connectivity index (χ0) is 13.5. The lowest BCUT2D eigenvalue weighted by Crippen LogP contribution is -2.48. The monoisotopic (exact) mass is 252 g/mol. The summed E-state index contributed by atoms with van der Waals surface area (Å²) in [4.78, 5) is 23.2. The summed E-state index contributed by atoms with van der Waals surface area (Å²) in [6, 6.07) is -0.229. The summed E-state index contributed by atoms with van der Waals surface area (Å²) in [7, 11) is 0. The second-order valence-corrected chi connectivity index (χ2v) is 6.05. The van der Waals surface area contributed by atoms with E-state index in [2.05, 4.69) is 5.32 Å². The third-order valence-corrected chi connectivity index (χ3v) is 3.47. The van der Waals surface area contributed by atoms with Gasteiger partial charge < -0.3 is 15.8 Å². The van der Waals surface area contributed by atoms with E-state index >= 15 is 0 Å². The van der Waals surface area contributed by atoms with Gasteiger partial charge in [-0.1, -0.05) is 12.2 Å². The molecular weight excluding hydrogens is 232 g/mol. The van der Waals surface area contributed by atoms with E-state index in [1.54, 1.807) is 20.8 Å². The lowest BCUT2D eigenvalue weighted by Gasteiger charge is -2.28. The van der Waals surface area contributed by atoms with Gasteiger partial charge in [0.05, 0.1) is 12.0 Å². The van der Waals surface area contributed by atoms with Crippen molar-refractivity contribution in [3.8, 4) is 0 Å². The molecule has 0 spiro atoms. The number of carbonyl (C=O) groups excluding carboxylic acids is 2. The molecule has 100 valence electrons. The van der Waals surface area contributed by atoms with Gasteiger partial charge in [0, 0.05) is 0 Å². The fourth-order valence-corrected chi connectivity index (χ4v) is 2.85. The molecule has 0 aromatic carbocycles. The Hall–Kier alpha value is -1.52. The van der Waals surface area contributed by atoms with Crippen molar-refractivity contribution in [2.45, 2.75) is 38.8 Å². The first-order valence-electron chi connectivity index (χ1n) is 6.25. The summed E-state index contributed by atoms with van der Waals surface area (Å²) >= 11 is 0. The molecule has 2 bridgehead atoms. The molecule has 0 heterocycles. The molecule has 3 N–H and O–H groups in total. The number of primary amides is 1. The average molecular weight is 252 g/mol. The topological polar surface area (TPSA) is 81.4 Å². The number of hydrogen-bond donors (Lipinski definition) is 2. The third kappa shape index (κ3) is 2.49. The maximum absolute atomic E-state index is 11.7. The molecule has 5 nitrogen and oxygen atoms in total. The molecule has 18 heavy (non-hydrogen) atoms. The number of fused-ring (bicyclic) bond motifs is 2. The van der Waals surface area contributed by atoms with E-state index < -0.39 is 11.7 Å². The predicted molar refractivity (Wildman–Crippen MR) is 66.6 cm³/mol. The molecule has 0 radical (unpaired) electrons. The Kier molecular flexibility index (Phi) is 3.09. The molecular formula is C13H20N2O3. The minimum absolute atomic E-state index is 0.160. The molecule has 2 amide bonds. The maximum atomic E-state index is 11.7. The first-order valence-corrected chi connectivity index (χ1v) is 6.25.